The fourth-order valence-corrected chi connectivity index (χ4v) is 6.55. The van der Waals surface area contributed by atoms with Crippen LogP contribution >= 0.6 is 0 Å². The van der Waals surface area contributed by atoms with Crippen molar-refractivity contribution in [2.24, 2.45) is 0 Å². The van der Waals surface area contributed by atoms with Crippen LogP contribution < -0.4 is 9.47 Å². The monoisotopic (exact) mass is 828 g/mol. The summed E-state index contributed by atoms with van der Waals surface area (Å²) in [4.78, 5) is 0. The molecular weight excluding hydrogens is 800 g/mol. The minimum atomic E-state index is -5.26. The predicted octanol–water partition coefficient (Wildman–Crippen LogP) is 12.5. The molecule has 0 fully saturated rings. The number of hydrogen-bond acceptors (Lipinski definition) is 5. The van der Waals surface area contributed by atoms with Gasteiger partial charge >= 0.3 is 24.7 Å². The summed E-state index contributed by atoms with van der Waals surface area (Å²) in [6.07, 6.45) is -21.0. The van der Waals surface area contributed by atoms with Gasteiger partial charge in [-0.25, -0.2) is 0 Å². The molecule has 0 saturated heterocycles. The Labute approximate surface area is 320 Å². The molecule has 0 saturated carbocycles. The molecule has 6 rings (SSSR count). The average Bonchev–Trinajstić information content (AvgIpc) is 3.16. The summed E-state index contributed by atoms with van der Waals surface area (Å²) in [5.41, 5.74) is -8.54. The zero-order valence-electron chi connectivity index (χ0n) is 29.9. The van der Waals surface area contributed by atoms with E-state index in [2.05, 4.69) is 0 Å². The summed E-state index contributed by atoms with van der Waals surface area (Å²) in [6, 6.07) is 14.6. The van der Waals surface area contributed by atoms with Gasteiger partial charge in [0.2, 0.25) is 0 Å². The standard InChI is InChI=1S/C41H28F12O5/c1-55-19-57-36-32(24-10-26(38(42,43)44)16-27(11-24)39(45,46)47)14-22-5-3-4-6-30(22)34(36)35-31-8-7-21(18-54)9-23(31)15-33(37(35)58-20-56-2)25-12-28(40(48,49)50)17-29(13-25)41(51,52)53/h3-17,54H,18-20H2,1-2H3. The van der Waals surface area contributed by atoms with Crippen molar-refractivity contribution in [2.75, 3.05) is 27.8 Å². The molecule has 0 aliphatic carbocycles. The Bertz CT molecular complexity index is 2420. The molecule has 0 heterocycles. The number of halogens is 12. The van der Waals surface area contributed by atoms with Crippen molar-refractivity contribution < 1.29 is 76.7 Å². The minimum Gasteiger partial charge on any atom is -0.466 e. The lowest BCUT2D eigenvalue weighted by atomic mass is 9.85. The number of alkyl halides is 12. The number of aliphatic hydroxyl groups is 1. The molecule has 0 radical (unpaired) electrons. The van der Waals surface area contributed by atoms with Gasteiger partial charge in [0.1, 0.15) is 11.5 Å². The normalized spacial score (nSPS) is 12.7. The van der Waals surface area contributed by atoms with Crippen LogP contribution in [0.1, 0.15) is 27.8 Å². The lowest BCUT2D eigenvalue weighted by Gasteiger charge is -2.25. The maximum Gasteiger partial charge on any atom is 0.416 e. The summed E-state index contributed by atoms with van der Waals surface area (Å²) in [6.45, 7) is -1.85. The van der Waals surface area contributed by atoms with E-state index in [-0.39, 0.29) is 67.2 Å². The quantitative estimate of drug-likeness (QED) is 0.110. The van der Waals surface area contributed by atoms with Crippen molar-refractivity contribution in [3.05, 3.63) is 119 Å². The fourth-order valence-electron chi connectivity index (χ4n) is 6.55. The van der Waals surface area contributed by atoms with Crippen LogP contribution in [0.4, 0.5) is 52.7 Å². The summed E-state index contributed by atoms with van der Waals surface area (Å²) in [5.74, 6) is -0.789. The number of benzene rings is 6. The predicted molar refractivity (Wildman–Crippen MR) is 189 cm³/mol. The average molecular weight is 829 g/mol. The van der Waals surface area contributed by atoms with Crippen LogP contribution in [0.5, 0.6) is 11.5 Å². The van der Waals surface area contributed by atoms with Crippen molar-refractivity contribution in [3.63, 3.8) is 0 Å². The number of aliphatic hydroxyl groups excluding tert-OH is 1. The summed E-state index contributed by atoms with van der Waals surface area (Å²) in [7, 11) is 2.35. The van der Waals surface area contributed by atoms with Crippen LogP contribution in [0.3, 0.4) is 0 Å². The largest absolute Gasteiger partial charge is 0.466 e. The van der Waals surface area contributed by atoms with Gasteiger partial charge in [0, 0.05) is 36.5 Å². The minimum absolute atomic E-state index is 0.0577. The van der Waals surface area contributed by atoms with E-state index < -0.39 is 84.0 Å². The van der Waals surface area contributed by atoms with Gasteiger partial charge in [-0.15, -0.1) is 0 Å². The maximum absolute atomic E-state index is 14.2. The number of hydrogen-bond donors (Lipinski definition) is 1. The number of methoxy groups -OCH3 is 2. The number of rotatable bonds is 10. The van der Waals surface area contributed by atoms with Gasteiger partial charge in [-0.05, 0) is 92.8 Å². The lowest BCUT2D eigenvalue weighted by molar-refractivity contribution is -0.144. The van der Waals surface area contributed by atoms with Crippen LogP contribution in [-0.4, -0.2) is 32.9 Å². The third kappa shape index (κ3) is 8.51. The van der Waals surface area contributed by atoms with E-state index >= 15 is 0 Å². The Hall–Kier alpha value is -5.52. The summed E-state index contributed by atoms with van der Waals surface area (Å²) >= 11 is 0. The Morgan fingerprint density at radius 1 is 0.466 bits per heavy atom. The SMILES string of the molecule is COCOc1c(-c2cc(C(F)(F)F)cc(C(F)(F)F)c2)cc2ccccc2c1-c1c(OCOC)c(-c2cc(C(F)(F)F)cc(C(F)(F)F)c2)cc2cc(CO)ccc12. The topological polar surface area (TPSA) is 57.2 Å². The molecule has 1 N–H and O–H groups in total. The smallest absolute Gasteiger partial charge is 0.416 e. The first-order chi connectivity index (χ1) is 27.1. The summed E-state index contributed by atoms with van der Waals surface area (Å²) < 4.78 is 192. The third-order valence-corrected chi connectivity index (χ3v) is 9.03. The molecule has 0 spiro atoms. The molecule has 6 aromatic carbocycles. The van der Waals surface area contributed by atoms with Crippen molar-refractivity contribution in [1.29, 1.82) is 0 Å². The van der Waals surface area contributed by atoms with Crippen LogP contribution in [-0.2, 0) is 40.8 Å². The zero-order valence-corrected chi connectivity index (χ0v) is 29.9. The highest BCUT2D eigenvalue weighted by Crippen LogP contribution is 2.54. The number of fused-ring (bicyclic) bond motifs is 2. The van der Waals surface area contributed by atoms with Gasteiger partial charge in [-0.1, -0.05) is 36.4 Å². The second kappa shape index (κ2) is 15.7. The first-order valence-corrected chi connectivity index (χ1v) is 16.8. The van der Waals surface area contributed by atoms with Crippen molar-refractivity contribution in [2.45, 2.75) is 31.3 Å². The first-order valence-electron chi connectivity index (χ1n) is 16.8. The van der Waals surface area contributed by atoms with Gasteiger partial charge in [0.25, 0.3) is 0 Å². The van der Waals surface area contributed by atoms with Crippen LogP contribution in [0, 0.1) is 0 Å². The Kier molecular flexibility index (Phi) is 11.4. The molecule has 0 unspecified atom stereocenters. The van der Waals surface area contributed by atoms with E-state index in [1.54, 1.807) is 0 Å². The molecule has 306 valence electrons. The van der Waals surface area contributed by atoms with Crippen LogP contribution in [0.15, 0.2) is 91.0 Å². The van der Waals surface area contributed by atoms with Crippen molar-refractivity contribution in [3.8, 4) is 44.9 Å². The molecule has 6 aromatic rings. The zero-order chi connectivity index (χ0) is 42.4. The van der Waals surface area contributed by atoms with E-state index in [1.807, 2.05) is 0 Å². The lowest BCUT2D eigenvalue weighted by Crippen LogP contribution is -2.12. The van der Waals surface area contributed by atoms with Gasteiger partial charge in [0.15, 0.2) is 13.6 Å². The Balaban J connectivity index is 1.87. The molecule has 5 nitrogen and oxygen atoms in total. The molecule has 0 bridgehead atoms. The highest BCUT2D eigenvalue weighted by atomic mass is 19.4. The van der Waals surface area contributed by atoms with Gasteiger partial charge in [-0.3, -0.25) is 0 Å². The second-order valence-corrected chi connectivity index (χ2v) is 12.9. The van der Waals surface area contributed by atoms with E-state index in [1.165, 1.54) is 68.8 Å². The highest BCUT2D eigenvalue weighted by Gasteiger charge is 2.39. The Morgan fingerprint density at radius 3 is 1.26 bits per heavy atom. The third-order valence-electron chi connectivity index (χ3n) is 9.03. The van der Waals surface area contributed by atoms with Gasteiger partial charge in [0.05, 0.1) is 28.9 Å². The highest BCUT2D eigenvalue weighted by molar-refractivity contribution is 6.14. The molecular formula is C41H28F12O5. The molecule has 0 aromatic heterocycles. The summed E-state index contributed by atoms with van der Waals surface area (Å²) in [5, 5.41) is 10.7. The van der Waals surface area contributed by atoms with E-state index in [9.17, 15) is 57.8 Å². The van der Waals surface area contributed by atoms with Crippen LogP contribution in [0.25, 0.3) is 54.9 Å². The fraction of sp³-hybridized carbons (Fsp3) is 0.220. The molecule has 58 heavy (non-hydrogen) atoms. The molecule has 17 heteroatoms. The van der Waals surface area contributed by atoms with Crippen molar-refractivity contribution in [1.82, 2.24) is 0 Å². The van der Waals surface area contributed by atoms with Gasteiger partial charge in [-0.2, -0.15) is 52.7 Å². The van der Waals surface area contributed by atoms with E-state index in [4.69, 9.17) is 18.9 Å². The van der Waals surface area contributed by atoms with Gasteiger partial charge < -0.3 is 24.1 Å². The first kappa shape index (κ1) is 42.1. The number of ether oxygens (including phenoxy) is 4. The maximum atomic E-state index is 14.2. The Morgan fingerprint density at radius 2 is 0.862 bits per heavy atom. The van der Waals surface area contributed by atoms with E-state index in [0.29, 0.717) is 24.3 Å². The van der Waals surface area contributed by atoms with E-state index in [0.717, 1.165) is 0 Å². The molecule has 0 atom stereocenters. The van der Waals surface area contributed by atoms with Crippen molar-refractivity contribution >= 4 is 21.5 Å². The molecule has 0 amide bonds. The molecule has 0 aliphatic heterocycles. The second-order valence-electron chi connectivity index (χ2n) is 12.9. The van der Waals surface area contributed by atoms with Crippen LogP contribution in [0.2, 0.25) is 0 Å². The molecule has 0 aliphatic rings.